The molecule has 1 aliphatic carbocycles. The fraction of sp³-hybridized carbons (Fsp3) is 0.191. The van der Waals surface area contributed by atoms with E-state index in [2.05, 4.69) is 71.3 Å². The number of carbonyl (C=O) groups excluding carboxylic acids is 1. The lowest BCUT2D eigenvalue weighted by Crippen LogP contribution is -2.24. The highest BCUT2D eigenvalue weighted by atomic mass is 79.9. The number of anilines is 1. The summed E-state index contributed by atoms with van der Waals surface area (Å²) >= 11 is 7.20. The van der Waals surface area contributed by atoms with Gasteiger partial charge in [-0.3, -0.25) is 9.59 Å². The van der Waals surface area contributed by atoms with Crippen LogP contribution in [0.25, 0.3) is 55.2 Å². The first-order valence-corrected chi connectivity index (χ1v) is 20.7. The van der Waals surface area contributed by atoms with Gasteiger partial charge in [0.25, 0.3) is 5.91 Å². The molecule has 6 aromatic rings. The second kappa shape index (κ2) is 17.0. The minimum atomic E-state index is -0.618. The molecule has 0 fully saturated rings. The number of carbonyl (C=O) groups is 1. The minimum absolute atomic E-state index is 0.106. The van der Waals surface area contributed by atoms with E-state index in [1.807, 2.05) is 91.9 Å². The number of aliphatic hydroxyl groups is 1. The lowest BCUT2D eigenvalue weighted by atomic mass is 9.90. The third kappa shape index (κ3) is 8.49. The molecule has 3 N–H and O–H groups in total. The summed E-state index contributed by atoms with van der Waals surface area (Å²) in [7, 11) is 0. The number of aromatic nitrogens is 1. The second-order valence-electron chi connectivity index (χ2n) is 14.3. The van der Waals surface area contributed by atoms with Gasteiger partial charge in [0, 0.05) is 83.7 Å². The largest absolute Gasteiger partial charge is 0.494 e. The van der Waals surface area contributed by atoms with Gasteiger partial charge in [0.1, 0.15) is 17.1 Å². The predicted octanol–water partition coefficient (Wildman–Crippen LogP) is 11.0. The van der Waals surface area contributed by atoms with Gasteiger partial charge in [-0.2, -0.15) is 0 Å². The molecule has 288 valence electrons. The number of nitrogens with zero attached hydrogens (tertiary/aromatic N) is 1. The van der Waals surface area contributed by atoms with Crippen LogP contribution in [0.2, 0.25) is 0 Å². The van der Waals surface area contributed by atoms with Crippen molar-refractivity contribution in [2.45, 2.75) is 38.8 Å². The summed E-state index contributed by atoms with van der Waals surface area (Å²) in [5.74, 6) is 1.19. The second-order valence-corrected chi connectivity index (χ2v) is 16.2. The SMILES string of the molecule is Cc1cc(C(=O)NCCCCCOc2cccc(NCC(O)Cn3c4ccc(Br)cc4c4cc(Br)ccc43)c2)ccc1-c1c2ccc(=O)cc-2oc2ccccc12. The Balaban J connectivity index is 0.796. The zero-order valence-corrected chi connectivity index (χ0v) is 34.5. The molecular weight excluding hydrogens is 846 g/mol. The van der Waals surface area contributed by atoms with Crippen LogP contribution >= 0.6 is 31.9 Å². The number of para-hydroxylation sites is 1. The zero-order valence-electron chi connectivity index (χ0n) is 31.4. The Kier molecular flexibility index (Phi) is 11.5. The number of aryl methyl sites for hydroxylation is 1. The number of hydrogen-bond acceptors (Lipinski definition) is 6. The Hall–Kier alpha value is -5.42. The summed E-state index contributed by atoms with van der Waals surface area (Å²) in [6.07, 6.45) is 1.97. The highest BCUT2D eigenvalue weighted by Gasteiger charge is 2.20. The number of amides is 1. The van der Waals surface area contributed by atoms with Crippen LogP contribution in [0.3, 0.4) is 0 Å². The van der Waals surface area contributed by atoms with Gasteiger partial charge in [0.2, 0.25) is 0 Å². The van der Waals surface area contributed by atoms with E-state index in [0.29, 0.717) is 43.1 Å². The Morgan fingerprint density at radius 1 is 0.789 bits per heavy atom. The topological polar surface area (TPSA) is 106 Å². The number of halogens is 2. The molecule has 2 heterocycles. The van der Waals surface area contributed by atoms with E-state index in [-0.39, 0.29) is 11.3 Å². The number of unbranched alkanes of at least 4 members (excludes halogenated alkanes) is 2. The standard InChI is InChI=1S/C47H41Br2N3O5/c1-29-22-30(12-16-37(29)46-38-10-3-4-11-44(38)57-45-26-34(53)15-17-39(45)46)47(55)50-20-5-2-6-21-56-36-9-7-8-33(25-36)51-27-35(54)28-52-42-18-13-31(48)23-40(42)41-24-32(49)14-19-43(41)52/h3-4,7-19,22-26,35,51,54H,2,5-6,20-21,27-28H2,1H3,(H,50,55). The van der Waals surface area contributed by atoms with Crippen molar-refractivity contribution in [3.8, 4) is 28.2 Å². The van der Waals surface area contributed by atoms with Gasteiger partial charge in [0.05, 0.1) is 19.3 Å². The Bertz CT molecular complexity index is 2720. The van der Waals surface area contributed by atoms with E-state index in [4.69, 9.17) is 9.15 Å². The smallest absolute Gasteiger partial charge is 0.251 e. The van der Waals surface area contributed by atoms with E-state index in [1.54, 1.807) is 6.07 Å². The van der Waals surface area contributed by atoms with E-state index in [1.165, 1.54) is 6.07 Å². The highest BCUT2D eigenvalue weighted by molar-refractivity contribution is 9.10. The number of fused-ring (bicyclic) bond motifs is 5. The molecule has 0 radical (unpaired) electrons. The minimum Gasteiger partial charge on any atom is -0.494 e. The number of nitrogens with one attached hydrogen (secondary N) is 2. The van der Waals surface area contributed by atoms with E-state index in [9.17, 15) is 14.7 Å². The lowest BCUT2D eigenvalue weighted by Gasteiger charge is -2.17. The molecule has 1 atom stereocenters. The van der Waals surface area contributed by atoms with Crippen molar-refractivity contribution in [2.75, 3.05) is 25.0 Å². The van der Waals surface area contributed by atoms with Crippen molar-refractivity contribution in [2.24, 2.45) is 0 Å². The fourth-order valence-electron chi connectivity index (χ4n) is 7.54. The normalized spacial score (nSPS) is 12.1. The number of benzene rings is 6. The van der Waals surface area contributed by atoms with Crippen molar-refractivity contribution < 1.29 is 19.1 Å². The van der Waals surface area contributed by atoms with E-state index < -0.39 is 6.10 Å². The molecular formula is C47H41Br2N3O5. The van der Waals surface area contributed by atoms with Crippen LogP contribution in [0, 0.1) is 6.92 Å². The van der Waals surface area contributed by atoms with Crippen LogP contribution < -0.4 is 20.8 Å². The van der Waals surface area contributed by atoms with Crippen molar-refractivity contribution in [1.82, 2.24) is 9.88 Å². The molecule has 8 rings (SSSR count). The van der Waals surface area contributed by atoms with Crippen LogP contribution in [-0.4, -0.2) is 41.4 Å². The summed E-state index contributed by atoms with van der Waals surface area (Å²) in [5.41, 5.74) is 8.01. The number of hydrogen-bond donors (Lipinski definition) is 3. The molecule has 1 amide bonds. The quantitative estimate of drug-likeness (QED) is 0.0742. The number of ether oxygens (including phenoxy) is 1. The molecule has 57 heavy (non-hydrogen) atoms. The first-order valence-electron chi connectivity index (χ1n) is 19.1. The third-order valence-electron chi connectivity index (χ3n) is 10.3. The lowest BCUT2D eigenvalue weighted by molar-refractivity contribution is 0.0952. The van der Waals surface area contributed by atoms with Crippen LogP contribution in [0.4, 0.5) is 5.69 Å². The van der Waals surface area contributed by atoms with Crippen LogP contribution in [0.5, 0.6) is 5.75 Å². The zero-order chi connectivity index (χ0) is 39.5. The molecule has 0 saturated heterocycles. The van der Waals surface area contributed by atoms with Crippen molar-refractivity contribution in [3.63, 3.8) is 0 Å². The van der Waals surface area contributed by atoms with E-state index in [0.717, 1.165) is 89.1 Å². The van der Waals surface area contributed by atoms with Crippen LogP contribution in [-0.2, 0) is 6.54 Å². The van der Waals surface area contributed by atoms with Gasteiger partial charge in [-0.15, -0.1) is 0 Å². The Morgan fingerprint density at radius 3 is 2.32 bits per heavy atom. The molecule has 1 aromatic heterocycles. The van der Waals surface area contributed by atoms with Crippen LogP contribution in [0.1, 0.15) is 35.2 Å². The van der Waals surface area contributed by atoms with Gasteiger partial charge in [-0.05, 0) is 116 Å². The molecule has 1 unspecified atom stereocenters. The van der Waals surface area contributed by atoms with Gasteiger partial charge >= 0.3 is 0 Å². The average Bonchev–Trinajstić information content (AvgIpc) is 3.49. The third-order valence-corrected chi connectivity index (χ3v) is 11.3. The molecule has 8 nitrogen and oxygen atoms in total. The molecule has 0 saturated carbocycles. The van der Waals surface area contributed by atoms with Crippen molar-refractivity contribution in [3.05, 3.63) is 152 Å². The Labute approximate surface area is 347 Å². The maximum absolute atomic E-state index is 13.1. The maximum atomic E-state index is 13.1. The summed E-state index contributed by atoms with van der Waals surface area (Å²) in [4.78, 5) is 25.2. The molecule has 0 bridgehead atoms. The number of rotatable bonds is 14. The van der Waals surface area contributed by atoms with Crippen LogP contribution in [0.15, 0.2) is 139 Å². The maximum Gasteiger partial charge on any atom is 0.251 e. The molecule has 0 spiro atoms. The number of aliphatic hydroxyl groups excluding tert-OH is 1. The predicted molar refractivity (Wildman–Crippen MR) is 237 cm³/mol. The first kappa shape index (κ1) is 38.5. The van der Waals surface area contributed by atoms with Crippen molar-refractivity contribution >= 4 is 76.2 Å². The molecule has 2 aliphatic rings. The highest BCUT2D eigenvalue weighted by Crippen LogP contribution is 2.41. The van der Waals surface area contributed by atoms with Gasteiger partial charge in [-0.1, -0.05) is 62.2 Å². The molecule has 5 aromatic carbocycles. The molecule has 10 heteroatoms. The van der Waals surface area contributed by atoms with Gasteiger partial charge in [0.15, 0.2) is 5.43 Å². The monoisotopic (exact) mass is 885 g/mol. The first-order chi connectivity index (χ1) is 27.7. The average molecular weight is 888 g/mol. The Morgan fingerprint density at radius 2 is 1.54 bits per heavy atom. The fourth-order valence-corrected chi connectivity index (χ4v) is 8.27. The van der Waals surface area contributed by atoms with Gasteiger partial charge < -0.3 is 29.5 Å². The summed E-state index contributed by atoms with van der Waals surface area (Å²) in [6, 6.07) is 38.7. The summed E-state index contributed by atoms with van der Waals surface area (Å²) in [5, 5.41) is 20.7. The molecule has 1 aliphatic heterocycles. The van der Waals surface area contributed by atoms with Gasteiger partial charge in [-0.25, -0.2) is 0 Å². The summed E-state index contributed by atoms with van der Waals surface area (Å²) in [6.45, 7) is 3.96. The van der Waals surface area contributed by atoms with E-state index >= 15 is 0 Å². The summed E-state index contributed by atoms with van der Waals surface area (Å²) < 4.78 is 16.3. The van der Waals surface area contributed by atoms with Crippen molar-refractivity contribution in [1.29, 1.82) is 0 Å².